The number of nitrogens with zero attached hydrogens (tertiary/aromatic N) is 5. The number of carbonyl (C=O) groups is 1. The van der Waals surface area contributed by atoms with Gasteiger partial charge in [-0.25, -0.2) is 9.97 Å². The van der Waals surface area contributed by atoms with Gasteiger partial charge in [-0.15, -0.1) is 0 Å². The van der Waals surface area contributed by atoms with Crippen molar-refractivity contribution in [1.29, 1.82) is 0 Å². The number of carbonyl (C=O) groups excluding carboxylic acids is 1. The maximum absolute atomic E-state index is 13.2. The van der Waals surface area contributed by atoms with Crippen LogP contribution in [0.2, 0.25) is 0 Å². The summed E-state index contributed by atoms with van der Waals surface area (Å²) in [6, 6.07) is 17.4. The van der Waals surface area contributed by atoms with Crippen LogP contribution in [-0.4, -0.2) is 48.6 Å². The molecular formula is C23H23N5O2. The summed E-state index contributed by atoms with van der Waals surface area (Å²) in [5.41, 5.74) is 3.81. The highest BCUT2D eigenvalue weighted by atomic mass is 16.3. The molecule has 0 aliphatic rings. The molecule has 7 heteroatoms. The summed E-state index contributed by atoms with van der Waals surface area (Å²) in [5.74, 6) is -0.124. The van der Waals surface area contributed by atoms with Crippen molar-refractivity contribution in [2.24, 2.45) is 0 Å². The van der Waals surface area contributed by atoms with Crippen LogP contribution in [0.1, 0.15) is 28.0 Å². The Morgan fingerprint density at radius 3 is 2.63 bits per heavy atom. The molecule has 4 aromatic rings. The van der Waals surface area contributed by atoms with Crippen molar-refractivity contribution in [3.8, 4) is 0 Å². The molecule has 0 fully saturated rings. The third-order valence-electron chi connectivity index (χ3n) is 4.85. The number of aromatic nitrogens is 4. The number of amides is 1. The fourth-order valence-electron chi connectivity index (χ4n) is 3.35. The Hall–Kier alpha value is -3.58. The van der Waals surface area contributed by atoms with Gasteiger partial charge in [0.15, 0.2) is 5.65 Å². The van der Waals surface area contributed by atoms with Crippen LogP contribution >= 0.6 is 0 Å². The first-order valence-electron chi connectivity index (χ1n) is 9.89. The first kappa shape index (κ1) is 19.7. The van der Waals surface area contributed by atoms with Gasteiger partial charge in [-0.2, -0.15) is 0 Å². The van der Waals surface area contributed by atoms with Crippen LogP contribution < -0.4 is 0 Å². The van der Waals surface area contributed by atoms with Gasteiger partial charge < -0.3 is 14.6 Å². The molecule has 0 saturated heterocycles. The average molecular weight is 401 g/mol. The largest absolute Gasteiger partial charge is 0.396 e. The maximum atomic E-state index is 13.2. The molecule has 30 heavy (non-hydrogen) atoms. The molecule has 1 aromatic carbocycles. The SMILES string of the molecule is O=C(c1cnc2c(c1)ncn2Cc1ccccn1)N(CCCO)Cc1ccccc1. The molecule has 0 atom stereocenters. The minimum Gasteiger partial charge on any atom is -0.396 e. The number of aliphatic hydroxyl groups is 1. The zero-order valence-electron chi connectivity index (χ0n) is 16.6. The van der Waals surface area contributed by atoms with E-state index in [9.17, 15) is 9.90 Å². The molecule has 0 bridgehead atoms. The summed E-state index contributed by atoms with van der Waals surface area (Å²) < 4.78 is 1.92. The molecule has 152 valence electrons. The lowest BCUT2D eigenvalue weighted by Gasteiger charge is -2.22. The smallest absolute Gasteiger partial charge is 0.255 e. The van der Waals surface area contributed by atoms with Crippen molar-refractivity contribution in [1.82, 2.24) is 24.4 Å². The van der Waals surface area contributed by atoms with Gasteiger partial charge in [-0.3, -0.25) is 9.78 Å². The van der Waals surface area contributed by atoms with Crippen LogP contribution in [0.15, 0.2) is 73.3 Å². The molecule has 0 aliphatic heterocycles. The molecule has 7 nitrogen and oxygen atoms in total. The van der Waals surface area contributed by atoms with Crippen molar-refractivity contribution in [3.05, 3.63) is 90.1 Å². The zero-order valence-corrected chi connectivity index (χ0v) is 16.6. The number of rotatable bonds is 8. The van der Waals surface area contributed by atoms with Crippen LogP contribution in [0.4, 0.5) is 0 Å². The monoisotopic (exact) mass is 401 g/mol. The summed E-state index contributed by atoms with van der Waals surface area (Å²) >= 11 is 0. The highest BCUT2D eigenvalue weighted by Gasteiger charge is 2.18. The second-order valence-electron chi connectivity index (χ2n) is 7.05. The van der Waals surface area contributed by atoms with Gasteiger partial charge in [-0.05, 0) is 30.2 Å². The van der Waals surface area contributed by atoms with E-state index in [2.05, 4.69) is 15.0 Å². The number of hydrogen-bond acceptors (Lipinski definition) is 5. The maximum Gasteiger partial charge on any atom is 0.255 e. The zero-order chi connectivity index (χ0) is 20.8. The first-order chi connectivity index (χ1) is 14.7. The summed E-state index contributed by atoms with van der Waals surface area (Å²) in [4.78, 5) is 28.2. The lowest BCUT2D eigenvalue weighted by molar-refractivity contribution is 0.0731. The van der Waals surface area contributed by atoms with Crippen LogP contribution in [0.25, 0.3) is 11.2 Å². The van der Waals surface area contributed by atoms with E-state index >= 15 is 0 Å². The van der Waals surface area contributed by atoms with Crippen LogP contribution in [0.3, 0.4) is 0 Å². The minimum absolute atomic E-state index is 0.0355. The number of hydrogen-bond donors (Lipinski definition) is 1. The second-order valence-corrected chi connectivity index (χ2v) is 7.05. The van der Waals surface area contributed by atoms with Crippen molar-refractivity contribution in [2.45, 2.75) is 19.5 Å². The lowest BCUT2D eigenvalue weighted by atomic mass is 10.1. The molecular weight excluding hydrogens is 378 g/mol. The third kappa shape index (κ3) is 4.52. The summed E-state index contributed by atoms with van der Waals surface area (Å²) in [7, 11) is 0. The van der Waals surface area contributed by atoms with E-state index in [1.807, 2.05) is 53.1 Å². The highest BCUT2D eigenvalue weighted by Crippen LogP contribution is 2.16. The highest BCUT2D eigenvalue weighted by molar-refractivity contribution is 5.96. The van der Waals surface area contributed by atoms with Gasteiger partial charge in [0.1, 0.15) is 5.52 Å². The number of pyridine rings is 2. The van der Waals surface area contributed by atoms with E-state index in [0.717, 1.165) is 11.3 Å². The van der Waals surface area contributed by atoms with Crippen molar-refractivity contribution in [3.63, 3.8) is 0 Å². The molecule has 1 N–H and O–H groups in total. The molecule has 0 aliphatic carbocycles. The summed E-state index contributed by atoms with van der Waals surface area (Å²) in [6.07, 6.45) is 5.59. The summed E-state index contributed by atoms with van der Waals surface area (Å²) in [5, 5.41) is 9.23. The Morgan fingerprint density at radius 1 is 1.03 bits per heavy atom. The standard InChI is InChI=1S/C23H23N5O2/c29-12-6-11-27(15-18-7-2-1-3-8-18)23(30)19-13-21-22(25-14-19)28(17-26-21)16-20-9-4-5-10-24-20/h1-5,7-10,13-14,17,29H,6,11-12,15-16H2. The minimum atomic E-state index is -0.124. The number of imidazole rings is 1. The quantitative estimate of drug-likeness (QED) is 0.491. The molecule has 3 heterocycles. The Morgan fingerprint density at radius 2 is 1.87 bits per heavy atom. The van der Waals surface area contributed by atoms with Gasteiger partial charge in [0, 0.05) is 32.1 Å². The van der Waals surface area contributed by atoms with Crippen molar-refractivity contribution < 1.29 is 9.90 Å². The number of fused-ring (bicyclic) bond motifs is 1. The molecule has 0 radical (unpaired) electrons. The summed E-state index contributed by atoms with van der Waals surface area (Å²) in [6.45, 7) is 1.55. The Balaban J connectivity index is 1.56. The Kier molecular flexibility index (Phi) is 6.10. The van der Waals surface area contributed by atoms with E-state index in [1.54, 1.807) is 29.7 Å². The molecule has 4 rings (SSSR count). The van der Waals surface area contributed by atoms with Gasteiger partial charge in [0.05, 0.1) is 24.1 Å². The van der Waals surface area contributed by atoms with E-state index in [0.29, 0.717) is 42.8 Å². The molecule has 0 saturated carbocycles. The average Bonchev–Trinajstić information content (AvgIpc) is 3.19. The number of aliphatic hydroxyl groups excluding tert-OH is 1. The lowest BCUT2D eigenvalue weighted by Crippen LogP contribution is -2.32. The molecule has 3 aromatic heterocycles. The number of benzene rings is 1. The predicted molar refractivity (Wildman–Crippen MR) is 114 cm³/mol. The van der Waals surface area contributed by atoms with E-state index in [-0.39, 0.29) is 12.5 Å². The third-order valence-corrected chi connectivity index (χ3v) is 4.85. The normalized spacial score (nSPS) is 11.0. The Bertz CT molecular complexity index is 1110. The fraction of sp³-hybridized carbons (Fsp3) is 0.217. The van der Waals surface area contributed by atoms with Crippen molar-refractivity contribution >= 4 is 17.1 Å². The van der Waals surface area contributed by atoms with Gasteiger partial charge in [-0.1, -0.05) is 36.4 Å². The van der Waals surface area contributed by atoms with Crippen LogP contribution in [-0.2, 0) is 13.1 Å². The molecule has 1 amide bonds. The molecule has 0 unspecified atom stereocenters. The first-order valence-corrected chi connectivity index (χ1v) is 9.89. The van der Waals surface area contributed by atoms with E-state index in [4.69, 9.17) is 0 Å². The van der Waals surface area contributed by atoms with Crippen molar-refractivity contribution in [2.75, 3.05) is 13.2 Å². The molecule has 0 spiro atoms. The van der Waals surface area contributed by atoms with Gasteiger partial charge in [0.25, 0.3) is 5.91 Å². The van der Waals surface area contributed by atoms with E-state index in [1.165, 1.54) is 0 Å². The van der Waals surface area contributed by atoms with E-state index < -0.39 is 0 Å². The predicted octanol–water partition coefficient (Wildman–Crippen LogP) is 2.90. The van der Waals surface area contributed by atoms with Gasteiger partial charge >= 0.3 is 0 Å². The second kappa shape index (κ2) is 9.28. The van der Waals surface area contributed by atoms with Crippen LogP contribution in [0.5, 0.6) is 0 Å². The van der Waals surface area contributed by atoms with Crippen LogP contribution in [0, 0.1) is 0 Å². The fourth-order valence-corrected chi connectivity index (χ4v) is 3.35. The topological polar surface area (TPSA) is 84.1 Å². The Labute approximate surface area is 174 Å². The van der Waals surface area contributed by atoms with Gasteiger partial charge in [0.2, 0.25) is 0 Å².